The molecule has 2 rings (SSSR count). The van der Waals surface area contributed by atoms with Crippen LogP contribution in [0.2, 0.25) is 0 Å². The van der Waals surface area contributed by atoms with Crippen molar-refractivity contribution in [2.75, 3.05) is 26.7 Å². The zero-order valence-electron chi connectivity index (χ0n) is 12.0. The zero-order chi connectivity index (χ0) is 13.1. The maximum absolute atomic E-state index is 4.72. The van der Waals surface area contributed by atoms with Gasteiger partial charge in [0.05, 0.1) is 10.7 Å². The molecule has 0 aromatic carbocycles. The van der Waals surface area contributed by atoms with Crippen LogP contribution in [-0.2, 0) is 12.8 Å². The molecule has 18 heavy (non-hydrogen) atoms. The molecule has 102 valence electrons. The molecule has 2 heterocycles. The molecule has 1 fully saturated rings. The van der Waals surface area contributed by atoms with Gasteiger partial charge in [0.15, 0.2) is 0 Å². The second-order valence-electron chi connectivity index (χ2n) is 5.76. The van der Waals surface area contributed by atoms with Gasteiger partial charge in [-0.1, -0.05) is 13.8 Å². The molecule has 4 heteroatoms. The topological polar surface area (TPSA) is 28.2 Å². The highest BCUT2D eigenvalue weighted by atomic mass is 32.1. The van der Waals surface area contributed by atoms with Crippen molar-refractivity contribution in [1.29, 1.82) is 0 Å². The molecule has 1 unspecified atom stereocenters. The molecule has 1 aromatic heterocycles. The predicted molar refractivity (Wildman–Crippen MR) is 78.4 cm³/mol. The van der Waals surface area contributed by atoms with Gasteiger partial charge in [-0.05, 0) is 19.9 Å². The highest BCUT2D eigenvalue weighted by Gasteiger charge is 2.21. The van der Waals surface area contributed by atoms with E-state index in [1.54, 1.807) is 0 Å². The Kier molecular flexibility index (Phi) is 4.76. The lowest BCUT2D eigenvalue weighted by atomic mass is 10.1. The summed E-state index contributed by atoms with van der Waals surface area (Å²) in [5.41, 5.74) is 1.25. The van der Waals surface area contributed by atoms with Crippen LogP contribution < -0.4 is 5.32 Å². The normalized spacial score (nSPS) is 21.7. The SMILES string of the molecule is Cc1nc(CC(C)C)sc1CC1CNCCN1C. The van der Waals surface area contributed by atoms with Crippen LogP contribution in [0.15, 0.2) is 0 Å². The largest absolute Gasteiger partial charge is 0.314 e. The summed E-state index contributed by atoms with van der Waals surface area (Å²) in [5, 5.41) is 4.80. The Morgan fingerprint density at radius 1 is 1.50 bits per heavy atom. The van der Waals surface area contributed by atoms with Crippen LogP contribution >= 0.6 is 11.3 Å². The number of piperazine rings is 1. The minimum absolute atomic E-state index is 0.629. The van der Waals surface area contributed by atoms with Gasteiger partial charge in [-0.3, -0.25) is 0 Å². The molecule has 0 saturated carbocycles. The third-order valence-electron chi connectivity index (χ3n) is 3.59. The zero-order valence-corrected chi connectivity index (χ0v) is 12.8. The summed E-state index contributed by atoms with van der Waals surface area (Å²) >= 11 is 1.92. The van der Waals surface area contributed by atoms with Gasteiger partial charge < -0.3 is 10.2 Å². The van der Waals surface area contributed by atoms with Crippen LogP contribution in [0.4, 0.5) is 0 Å². The van der Waals surface area contributed by atoms with Crippen LogP contribution in [0.1, 0.15) is 29.4 Å². The summed E-state index contributed by atoms with van der Waals surface area (Å²) in [7, 11) is 2.23. The van der Waals surface area contributed by atoms with E-state index >= 15 is 0 Å². The van der Waals surface area contributed by atoms with Crippen molar-refractivity contribution in [1.82, 2.24) is 15.2 Å². The lowest BCUT2D eigenvalue weighted by Crippen LogP contribution is -2.50. The van der Waals surface area contributed by atoms with E-state index in [0.717, 1.165) is 32.5 Å². The maximum atomic E-state index is 4.72. The summed E-state index contributed by atoms with van der Waals surface area (Å²) < 4.78 is 0. The smallest absolute Gasteiger partial charge is 0.0933 e. The van der Waals surface area contributed by atoms with E-state index in [2.05, 4.69) is 38.0 Å². The highest BCUT2D eigenvalue weighted by Crippen LogP contribution is 2.23. The third-order valence-corrected chi connectivity index (χ3v) is 4.79. The van der Waals surface area contributed by atoms with Crippen molar-refractivity contribution in [3.8, 4) is 0 Å². The summed E-state index contributed by atoms with van der Waals surface area (Å²) in [6.45, 7) is 10.1. The highest BCUT2D eigenvalue weighted by molar-refractivity contribution is 7.11. The van der Waals surface area contributed by atoms with Crippen molar-refractivity contribution < 1.29 is 0 Å². The Balaban J connectivity index is 2.01. The van der Waals surface area contributed by atoms with E-state index < -0.39 is 0 Å². The van der Waals surface area contributed by atoms with Gasteiger partial charge in [0.1, 0.15) is 0 Å². The minimum atomic E-state index is 0.629. The van der Waals surface area contributed by atoms with Crippen LogP contribution in [0, 0.1) is 12.8 Å². The lowest BCUT2D eigenvalue weighted by Gasteiger charge is -2.32. The molecule has 0 aliphatic carbocycles. The van der Waals surface area contributed by atoms with Gasteiger partial charge in [-0.15, -0.1) is 11.3 Å². The number of hydrogen-bond donors (Lipinski definition) is 1. The first kappa shape index (κ1) is 14.0. The summed E-state index contributed by atoms with van der Waals surface area (Å²) in [6, 6.07) is 0.629. The summed E-state index contributed by atoms with van der Waals surface area (Å²) in [4.78, 5) is 8.67. The van der Waals surface area contributed by atoms with E-state index in [4.69, 9.17) is 4.98 Å². The Bertz CT molecular complexity index is 386. The fourth-order valence-corrected chi connectivity index (χ4v) is 3.77. The molecular weight excluding hydrogens is 242 g/mol. The molecule has 0 bridgehead atoms. The molecule has 0 amide bonds. The van der Waals surface area contributed by atoms with E-state index in [0.29, 0.717) is 12.0 Å². The van der Waals surface area contributed by atoms with Gasteiger partial charge in [0.2, 0.25) is 0 Å². The van der Waals surface area contributed by atoms with Crippen molar-refractivity contribution in [2.45, 2.75) is 39.7 Å². The van der Waals surface area contributed by atoms with Crippen molar-refractivity contribution in [3.05, 3.63) is 15.6 Å². The molecule has 1 aliphatic heterocycles. The molecule has 1 N–H and O–H groups in total. The molecule has 3 nitrogen and oxygen atoms in total. The molecule has 1 aliphatic rings. The van der Waals surface area contributed by atoms with Gasteiger partial charge in [-0.2, -0.15) is 0 Å². The molecule has 0 spiro atoms. The van der Waals surface area contributed by atoms with Crippen molar-refractivity contribution >= 4 is 11.3 Å². The first-order valence-corrected chi connectivity index (χ1v) is 7.74. The predicted octanol–water partition coefficient (Wildman–Crippen LogP) is 2.10. The quantitative estimate of drug-likeness (QED) is 0.905. The average Bonchev–Trinajstić information content (AvgIpc) is 2.61. The summed E-state index contributed by atoms with van der Waals surface area (Å²) in [6.07, 6.45) is 2.26. The van der Waals surface area contributed by atoms with Gasteiger partial charge >= 0.3 is 0 Å². The van der Waals surface area contributed by atoms with Gasteiger partial charge in [0, 0.05) is 43.4 Å². The van der Waals surface area contributed by atoms with Crippen LogP contribution in [0.5, 0.6) is 0 Å². The molecule has 1 aromatic rings. The third kappa shape index (κ3) is 3.53. The number of thiazole rings is 1. The summed E-state index contributed by atoms with van der Waals surface area (Å²) in [5.74, 6) is 0.697. The number of likely N-dealkylation sites (N-methyl/N-ethyl adjacent to an activating group) is 1. The van der Waals surface area contributed by atoms with Crippen LogP contribution in [0.3, 0.4) is 0 Å². The van der Waals surface area contributed by atoms with Gasteiger partial charge in [-0.25, -0.2) is 4.98 Å². The van der Waals surface area contributed by atoms with E-state index in [-0.39, 0.29) is 0 Å². The number of nitrogens with zero attached hydrogens (tertiary/aromatic N) is 2. The van der Waals surface area contributed by atoms with Gasteiger partial charge in [0.25, 0.3) is 0 Å². The first-order valence-electron chi connectivity index (χ1n) is 6.92. The van der Waals surface area contributed by atoms with Crippen molar-refractivity contribution in [2.24, 2.45) is 5.92 Å². The number of nitrogens with one attached hydrogen (secondary N) is 1. The fraction of sp³-hybridized carbons (Fsp3) is 0.786. The second kappa shape index (κ2) is 6.13. The lowest BCUT2D eigenvalue weighted by molar-refractivity contribution is 0.199. The molecule has 0 radical (unpaired) electrons. The number of aryl methyl sites for hydroxylation is 1. The Morgan fingerprint density at radius 2 is 2.28 bits per heavy atom. The van der Waals surface area contributed by atoms with Crippen LogP contribution in [-0.4, -0.2) is 42.6 Å². The Morgan fingerprint density at radius 3 is 2.94 bits per heavy atom. The maximum Gasteiger partial charge on any atom is 0.0933 e. The monoisotopic (exact) mass is 267 g/mol. The van der Waals surface area contributed by atoms with E-state index in [1.165, 1.54) is 15.6 Å². The fourth-order valence-electron chi connectivity index (χ4n) is 2.42. The van der Waals surface area contributed by atoms with Crippen LogP contribution in [0.25, 0.3) is 0 Å². The van der Waals surface area contributed by atoms with Crippen molar-refractivity contribution in [3.63, 3.8) is 0 Å². The Labute approximate surface area is 115 Å². The average molecular weight is 267 g/mol. The number of rotatable bonds is 4. The molecule has 1 atom stereocenters. The minimum Gasteiger partial charge on any atom is -0.314 e. The molecule has 1 saturated heterocycles. The second-order valence-corrected chi connectivity index (χ2v) is 6.93. The first-order chi connectivity index (χ1) is 8.56. The number of hydrogen-bond acceptors (Lipinski definition) is 4. The number of aromatic nitrogens is 1. The Hall–Kier alpha value is -0.450. The standard InChI is InChI=1S/C14H25N3S/c1-10(2)7-14-16-11(3)13(18-14)8-12-9-15-5-6-17(12)4/h10,12,15H,5-9H2,1-4H3. The van der Waals surface area contributed by atoms with E-state index in [1.807, 2.05) is 11.3 Å². The molecular formula is C14H25N3S. The van der Waals surface area contributed by atoms with E-state index in [9.17, 15) is 0 Å².